The van der Waals surface area contributed by atoms with Gasteiger partial charge >= 0.3 is 0 Å². The Morgan fingerprint density at radius 3 is 2.22 bits per heavy atom. The predicted octanol–water partition coefficient (Wildman–Crippen LogP) is 3.02. The van der Waals surface area contributed by atoms with E-state index in [1.807, 2.05) is 56.3 Å². The molecule has 0 bridgehead atoms. The van der Waals surface area contributed by atoms with E-state index in [0.717, 1.165) is 24.6 Å². The summed E-state index contributed by atoms with van der Waals surface area (Å²) in [6, 6.07) is 16.5. The summed E-state index contributed by atoms with van der Waals surface area (Å²) in [6.45, 7) is 5.31. The van der Waals surface area contributed by atoms with Crippen molar-refractivity contribution in [2.45, 2.75) is 11.8 Å². The second-order valence-corrected chi connectivity index (χ2v) is 11.2. The number of sulfonamides is 1. The minimum absolute atomic E-state index is 0.259. The van der Waals surface area contributed by atoms with E-state index >= 15 is 0 Å². The summed E-state index contributed by atoms with van der Waals surface area (Å²) in [6.07, 6.45) is 0. The molecular formula is C26H35N7O3S. The Morgan fingerprint density at radius 1 is 0.946 bits per heavy atom. The molecule has 0 amide bonds. The highest BCUT2D eigenvalue weighted by molar-refractivity contribution is 7.89. The maximum absolute atomic E-state index is 13.1. The molecule has 0 saturated carbocycles. The van der Waals surface area contributed by atoms with Crippen LogP contribution in [0.15, 0.2) is 59.5 Å². The van der Waals surface area contributed by atoms with Gasteiger partial charge in [0.15, 0.2) is 0 Å². The fraction of sp³-hybridized carbons (Fsp3) is 0.385. The molecule has 198 valence electrons. The van der Waals surface area contributed by atoms with Crippen LogP contribution >= 0.6 is 0 Å². The number of benzene rings is 2. The molecule has 2 aromatic carbocycles. The molecule has 0 atom stereocenters. The lowest BCUT2D eigenvalue weighted by atomic mass is 10.2. The fourth-order valence-corrected chi connectivity index (χ4v) is 5.37. The van der Waals surface area contributed by atoms with Crippen molar-refractivity contribution in [3.05, 3.63) is 60.2 Å². The molecule has 1 saturated heterocycles. The average Bonchev–Trinajstić information content (AvgIpc) is 2.90. The fourth-order valence-electron chi connectivity index (χ4n) is 3.95. The van der Waals surface area contributed by atoms with E-state index in [0.29, 0.717) is 43.7 Å². The first kappa shape index (κ1) is 26.6. The zero-order valence-electron chi connectivity index (χ0n) is 21.8. The highest BCUT2D eigenvalue weighted by Crippen LogP contribution is 2.24. The molecular weight excluding hydrogens is 490 g/mol. The van der Waals surface area contributed by atoms with Crippen LogP contribution in [0.4, 0.5) is 23.3 Å². The van der Waals surface area contributed by atoms with Crippen molar-refractivity contribution in [1.82, 2.24) is 19.2 Å². The van der Waals surface area contributed by atoms with Gasteiger partial charge in [0.1, 0.15) is 17.4 Å². The monoisotopic (exact) mass is 525 g/mol. The van der Waals surface area contributed by atoms with Gasteiger partial charge in [-0.1, -0.05) is 17.7 Å². The van der Waals surface area contributed by atoms with E-state index in [1.165, 1.54) is 9.87 Å². The molecule has 0 spiro atoms. The minimum Gasteiger partial charge on any atom is -0.497 e. The van der Waals surface area contributed by atoms with Crippen LogP contribution in [0.5, 0.6) is 5.75 Å². The first-order valence-corrected chi connectivity index (χ1v) is 13.7. The maximum Gasteiger partial charge on any atom is 0.243 e. The van der Waals surface area contributed by atoms with Gasteiger partial charge in [0.2, 0.25) is 16.0 Å². The molecule has 0 aliphatic carbocycles. The number of piperazine rings is 1. The number of aryl methyl sites for hydroxylation is 1. The summed E-state index contributed by atoms with van der Waals surface area (Å²) in [5.41, 5.74) is 2.12. The molecule has 1 aliphatic rings. The Kier molecular flexibility index (Phi) is 8.47. The summed E-state index contributed by atoms with van der Waals surface area (Å²) in [5, 5.41) is 6.75. The van der Waals surface area contributed by atoms with Crippen molar-refractivity contribution in [2.75, 3.05) is 76.0 Å². The van der Waals surface area contributed by atoms with Crippen LogP contribution in [-0.2, 0) is 10.0 Å². The van der Waals surface area contributed by atoms with E-state index in [4.69, 9.17) is 14.7 Å². The Hall–Kier alpha value is -3.41. The SMILES string of the molecule is COc1ccc(S(=O)(=O)N2CCN(c3nc(NCCN(C)C)cc(Nc4ccc(C)cc4)n3)CC2)cc1. The van der Waals surface area contributed by atoms with Crippen LogP contribution < -0.4 is 20.3 Å². The second kappa shape index (κ2) is 11.8. The van der Waals surface area contributed by atoms with E-state index in [2.05, 4.69) is 15.5 Å². The number of aromatic nitrogens is 2. The van der Waals surface area contributed by atoms with Gasteiger partial charge < -0.3 is 25.2 Å². The van der Waals surface area contributed by atoms with Crippen molar-refractivity contribution in [2.24, 2.45) is 0 Å². The molecule has 1 fully saturated rings. The van der Waals surface area contributed by atoms with Crippen molar-refractivity contribution < 1.29 is 13.2 Å². The maximum atomic E-state index is 13.1. The third-order valence-corrected chi connectivity index (χ3v) is 8.04. The number of nitrogens with one attached hydrogen (secondary N) is 2. The number of ether oxygens (including phenoxy) is 1. The molecule has 37 heavy (non-hydrogen) atoms. The summed E-state index contributed by atoms with van der Waals surface area (Å²) in [7, 11) is 2.01. The third kappa shape index (κ3) is 6.88. The molecule has 2 heterocycles. The Balaban J connectivity index is 1.49. The standard InChI is InChI=1S/C26H35N7O3S/c1-20-5-7-21(8-6-20)28-25-19-24(27-13-14-31(2)3)29-26(30-25)32-15-17-33(18-16-32)37(34,35)23-11-9-22(36-4)10-12-23/h5-12,19H,13-18H2,1-4H3,(H2,27,28,29,30). The van der Waals surface area contributed by atoms with Gasteiger partial charge in [-0.2, -0.15) is 14.3 Å². The van der Waals surface area contributed by atoms with Crippen LogP contribution in [0.1, 0.15) is 5.56 Å². The molecule has 2 N–H and O–H groups in total. The molecule has 0 unspecified atom stereocenters. The van der Waals surface area contributed by atoms with E-state index in [1.54, 1.807) is 31.4 Å². The van der Waals surface area contributed by atoms with Crippen molar-refractivity contribution >= 4 is 33.3 Å². The Labute approximate surface area is 219 Å². The molecule has 11 heteroatoms. The van der Waals surface area contributed by atoms with E-state index in [9.17, 15) is 8.42 Å². The smallest absolute Gasteiger partial charge is 0.243 e. The zero-order chi connectivity index (χ0) is 26.4. The number of rotatable bonds is 10. The lowest BCUT2D eigenvalue weighted by Crippen LogP contribution is -2.49. The molecule has 3 aromatic rings. The molecule has 1 aromatic heterocycles. The van der Waals surface area contributed by atoms with E-state index in [-0.39, 0.29) is 4.90 Å². The summed E-state index contributed by atoms with van der Waals surface area (Å²) in [5.74, 6) is 2.57. The number of hydrogen-bond donors (Lipinski definition) is 2. The molecule has 0 radical (unpaired) electrons. The summed E-state index contributed by atoms with van der Waals surface area (Å²) < 4.78 is 33.0. The largest absolute Gasteiger partial charge is 0.497 e. The normalized spacial score (nSPS) is 14.6. The van der Waals surface area contributed by atoms with E-state index < -0.39 is 10.0 Å². The van der Waals surface area contributed by atoms with Crippen molar-refractivity contribution in [1.29, 1.82) is 0 Å². The van der Waals surface area contributed by atoms with Crippen LogP contribution in [0, 0.1) is 6.92 Å². The molecule has 10 nitrogen and oxygen atoms in total. The van der Waals surface area contributed by atoms with Crippen molar-refractivity contribution in [3.8, 4) is 5.75 Å². The summed E-state index contributed by atoms with van der Waals surface area (Å²) >= 11 is 0. The van der Waals surface area contributed by atoms with Crippen LogP contribution in [0.2, 0.25) is 0 Å². The first-order chi connectivity index (χ1) is 17.7. The van der Waals surface area contributed by atoms with Crippen LogP contribution in [0.3, 0.4) is 0 Å². The highest BCUT2D eigenvalue weighted by Gasteiger charge is 2.29. The number of hydrogen-bond acceptors (Lipinski definition) is 9. The van der Waals surface area contributed by atoms with Crippen LogP contribution in [0.25, 0.3) is 0 Å². The molecule has 1 aliphatic heterocycles. The molecule has 4 rings (SSSR count). The highest BCUT2D eigenvalue weighted by atomic mass is 32.2. The van der Waals surface area contributed by atoms with Gasteiger partial charge in [-0.15, -0.1) is 0 Å². The average molecular weight is 526 g/mol. The lowest BCUT2D eigenvalue weighted by molar-refractivity contribution is 0.382. The number of anilines is 4. The third-order valence-electron chi connectivity index (χ3n) is 6.12. The Bertz CT molecular complexity index is 1270. The van der Waals surface area contributed by atoms with Crippen molar-refractivity contribution in [3.63, 3.8) is 0 Å². The van der Waals surface area contributed by atoms with Gasteiger partial charge in [0.25, 0.3) is 0 Å². The van der Waals surface area contributed by atoms with Crippen LogP contribution in [-0.4, -0.2) is 88.1 Å². The van der Waals surface area contributed by atoms with Gasteiger partial charge in [0, 0.05) is 51.0 Å². The Morgan fingerprint density at radius 2 is 1.59 bits per heavy atom. The zero-order valence-corrected chi connectivity index (χ0v) is 22.6. The quantitative estimate of drug-likeness (QED) is 0.413. The first-order valence-electron chi connectivity index (χ1n) is 12.2. The lowest BCUT2D eigenvalue weighted by Gasteiger charge is -2.34. The van der Waals surface area contributed by atoms with Gasteiger partial charge in [-0.05, 0) is 57.4 Å². The number of likely N-dealkylation sites (N-methyl/N-ethyl adjacent to an activating group) is 1. The van der Waals surface area contributed by atoms with Gasteiger partial charge in [-0.25, -0.2) is 8.42 Å². The number of methoxy groups -OCH3 is 1. The topological polar surface area (TPSA) is 103 Å². The summed E-state index contributed by atoms with van der Waals surface area (Å²) in [4.78, 5) is 13.9. The number of nitrogens with zero attached hydrogens (tertiary/aromatic N) is 5. The predicted molar refractivity (Wildman–Crippen MR) is 148 cm³/mol. The second-order valence-electron chi connectivity index (χ2n) is 9.23. The van der Waals surface area contributed by atoms with Gasteiger partial charge in [-0.3, -0.25) is 0 Å². The van der Waals surface area contributed by atoms with Gasteiger partial charge in [0.05, 0.1) is 12.0 Å². The minimum atomic E-state index is -3.59.